The Bertz CT molecular complexity index is 920. The van der Waals surface area contributed by atoms with Crippen LogP contribution in [0, 0.1) is 0 Å². The molecule has 0 amide bonds. The van der Waals surface area contributed by atoms with Crippen LogP contribution in [0.3, 0.4) is 0 Å². The molecule has 1 aromatic heterocycles. The molecule has 7 nitrogen and oxygen atoms in total. The van der Waals surface area contributed by atoms with Gasteiger partial charge in [0.15, 0.2) is 17.5 Å². The number of aryl methyl sites for hydroxylation is 1. The normalized spacial score (nSPS) is 12.6. The first-order valence-corrected chi connectivity index (χ1v) is 10.4. The van der Waals surface area contributed by atoms with Crippen molar-refractivity contribution in [1.82, 2.24) is 20.6 Å². The lowest BCUT2D eigenvalue weighted by atomic mass is 10.3. The van der Waals surface area contributed by atoms with Crippen LogP contribution in [0.5, 0.6) is 11.5 Å². The van der Waals surface area contributed by atoms with Gasteiger partial charge >= 0.3 is 0 Å². The smallest absolute Gasteiger partial charge is 0.191 e. The summed E-state index contributed by atoms with van der Waals surface area (Å²) in [5.41, 5.74) is 2.10. The van der Waals surface area contributed by atoms with Gasteiger partial charge in [0, 0.05) is 19.5 Å². The third-order valence-electron chi connectivity index (χ3n) is 4.57. The monoisotopic (exact) mass is 409 g/mol. The standard InChI is InChI=1S/C23H31N5O2/c1-4-24-23(26-16-17(2)30-21-13-8-7-12-20(21)29-3)25-15-9-14-22-27-18-10-5-6-11-19(18)28-22/h5-8,10-13,17H,4,9,14-16H2,1-3H3,(H,27,28)(H2,24,25,26). The second kappa shape index (κ2) is 11.1. The van der Waals surface area contributed by atoms with Gasteiger partial charge in [-0.2, -0.15) is 0 Å². The molecule has 0 aliphatic rings. The summed E-state index contributed by atoms with van der Waals surface area (Å²) in [6.07, 6.45) is 1.76. The third kappa shape index (κ3) is 6.14. The Balaban J connectivity index is 1.46. The van der Waals surface area contributed by atoms with Gasteiger partial charge in [-0.1, -0.05) is 24.3 Å². The lowest BCUT2D eigenvalue weighted by Gasteiger charge is -2.16. The molecular weight excluding hydrogens is 378 g/mol. The average Bonchev–Trinajstić information content (AvgIpc) is 3.18. The maximum atomic E-state index is 5.98. The predicted molar refractivity (Wildman–Crippen MR) is 121 cm³/mol. The number of H-pyrrole nitrogens is 1. The number of hydrogen-bond acceptors (Lipinski definition) is 4. The largest absolute Gasteiger partial charge is 0.493 e. The van der Waals surface area contributed by atoms with Crippen molar-refractivity contribution in [2.75, 3.05) is 26.7 Å². The second-order valence-corrected chi connectivity index (χ2v) is 7.03. The highest BCUT2D eigenvalue weighted by atomic mass is 16.5. The van der Waals surface area contributed by atoms with E-state index >= 15 is 0 Å². The number of aromatic amines is 1. The molecule has 0 aliphatic heterocycles. The molecule has 0 saturated carbocycles. The van der Waals surface area contributed by atoms with E-state index in [2.05, 4.69) is 32.5 Å². The fraction of sp³-hybridized carbons (Fsp3) is 0.391. The number of nitrogens with zero attached hydrogens (tertiary/aromatic N) is 2. The Morgan fingerprint density at radius 2 is 1.87 bits per heavy atom. The van der Waals surface area contributed by atoms with Gasteiger partial charge in [-0.3, -0.25) is 0 Å². The summed E-state index contributed by atoms with van der Waals surface area (Å²) in [5, 5.41) is 6.66. The number of ether oxygens (including phenoxy) is 2. The van der Waals surface area contributed by atoms with Gasteiger partial charge in [0.05, 0.1) is 24.7 Å². The Labute approximate surface area is 177 Å². The average molecular weight is 410 g/mol. The number of methoxy groups -OCH3 is 1. The van der Waals surface area contributed by atoms with Gasteiger partial charge < -0.3 is 25.1 Å². The quantitative estimate of drug-likeness (QED) is 0.271. The molecule has 3 N–H and O–H groups in total. The molecule has 0 fully saturated rings. The van der Waals surface area contributed by atoms with Crippen LogP contribution in [0.2, 0.25) is 0 Å². The van der Waals surface area contributed by atoms with Crippen molar-refractivity contribution in [3.05, 3.63) is 54.4 Å². The summed E-state index contributed by atoms with van der Waals surface area (Å²) in [5.74, 6) is 3.26. The Morgan fingerprint density at radius 1 is 1.10 bits per heavy atom. The maximum absolute atomic E-state index is 5.98. The molecule has 1 heterocycles. The van der Waals surface area contributed by atoms with E-state index in [0.29, 0.717) is 6.54 Å². The number of rotatable bonds is 10. The molecule has 1 unspecified atom stereocenters. The number of benzene rings is 2. The summed E-state index contributed by atoms with van der Waals surface area (Å²) in [4.78, 5) is 12.6. The molecule has 0 bridgehead atoms. The molecule has 30 heavy (non-hydrogen) atoms. The van der Waals surface area contributed by atoms with E-state index in [4.69, 9.17) is 9.47 Å². The van der Waals surface area contributed by atoms with Crippen molar-refractivity contribution in [2.45, 2.75) is 32.8 Å². The SMILES string of the molecule is CCNC(=NCC(C)Oc1ccccc1OC)NCCCc1nc2ccccc2[nH]1. The zero-order valence-corrected chi connectivity index (χ0v) is 17.9. The first-order chi connectivity index (χ1) is 14.7. The summed E-state index contributed by atoms with van der Waals surface area (Å²) in [7, 11) is 1.64. The fourth-order valence-electron chi connectivity index (χ4n) is 3.12. The highest BCUT2D eigenvalue weighted by molar-refractivity contribution is 5.79. The van der Waals surface area contributed by atoms with Crippen molar-refractivity contribution in [3.8, 4) is 11.5 Å². The number of imidazole rings is 1. The Morgan fingerprint density at radius 3 is 2.63 bits per heavy atom. The highest BCUT2D eigenvalue weighted by Gasteiger charge is 2.09. The first-order valence-electron chi connectivity index (χ1n) is 10.4. The van der Waals surface area contributed by atoms with E-state index in [0.717, 1.165) is 60.2 Å². The Kier molecular flexibility index (Phi) is 7.94. The summed E-state index contributed by atoms with van der Waals surface area (Å²) < 4.78 is 11.3. The van der Waals surface area contributed by atoms with Crippen LogP contribution in [0.25, 0.3) is 11.0 Å². The summed E-state index contributed by atoms with van der Waals surface area (Å²) in [6, 6.07) is 15.7. The summed E-state index contributed by atoms with van der Waals surface area (Å²) in [6.45, 7) is 6.21. The molecule has 0 saturated heterocycles. The van der Waals surface area contributed by atoms with Gasteiger partial charge in [0.25, 0.3) is 0 Å². The van der Waals surface area contributed by atoms with Crippen LogP contribution < -0.4 is 20.1 Å². The number of fused-ring (bicyclic) bond motifs is 1. The van der Waals surface area contributed by atoms with E-state index in [9.17, 15) is 0 Å². The molecule has 3 rings (SSSR count). The molecule has 0 radical (unpaired) electrons. The van der Waals surface area contributed by atoms with Gasteiger partial charge in [-0.15, -0.1) is 0 Å². The topological polar surface area (TPSA) is 83.6 Å². The van der Waals surface area contributed by atoms with Gasteiger partial charge in [-0.25, -0.2) is 9.98 Å². The van der Waals surface area contributed by atoms with Crippen LogP contribution in [-0.4, -0.2) is 48.8 Å². The highest BCUT2D eigenvalue weighted by Crippen LogP contribution is 2.26. The molecule has 160 valence electrons. The number of nitrogens with one attached hydrogen (secondary N) is 3. The predicted octanol–water partition coefficient (Wildman–Crippen LogP) is 3.53. The van der Waals surface area contributed by atoms with Gasteiger partial charge in [-0.05, 0) is 44.5 Å². The van der Waals surface area contributed by atoms with Gasteiger partial charge in [0.2, 0.25) is 0 Å². The zero-order chi connectivity index (χ0) is 21.2. The number of aliphatic imine (C=N–C) groups is 1. The maximum Gasteiger partial charge on any atom is 0.191 e. The second-order valence-electron chi connectivity index (χ2n) is 7.03. The molecule has 0 aliphatic carbocycles. The minimum Gasteiger partial charge on any atom is -0.493 e. The van der Waals surface area contributed by atoms with Crippen LogP contribution in [-0.2, 0) is 6.42 Å². The van der Waals surface area contributed by atoms with Crippen LogP contribution in [0.1, 0.15) is 26.1 Å². The minimum absolute atomic E-state index is 0.0766. The van der Waals surface area contributed by atoms with E-state index in [1.54, 1.807) is 7.11 Å². The van der Waals surface area contributed by atoms with Crippen molar-refractivity contribution in [2.24, 2.45) is 4.99 Å². The fourth-order valence-corrected chi connectivity index (χ4v) is 3.12. The van der Waals surface area contributed by atoms with Crippen molar-refractivity contribution in [1.29, 1.82) is 0 Å². The molecule has 0 spiro atoms. The molecular formula is C23H31N5O2. The number of guanidine groups is 1. The van der Waals surface area contributed by atoms with Crippen molar-refractivity contribution >= 4 is 17.0 Å². The molecule has 3 aromatic rings. The Hall–Kier alpha value is -3.22. The number of para-hydroxylation sites is 4. The lowest BCUT2D eigenvalue weighted by Crippen LogP contribution is -2.38. The zero-order valence-electron chi connectivity index (χ0n) is 17.9. The number of aromatic nitrogens is 2. The summed E-state index contributed by atoms with van der Waals surface area (Å²) >= 11 is 0. The molecule has 1 atom stereocenters. The molecule has 7 heteroatoms. The van der Waals surface area contributed by atoms with Crippen LogP contribution in [0.4, 0.5) is 0 Å². The van der Waals surface area contributed by atoms with Crippen LogP contribution in [0.15, 0.2) is 53.5 Å². The van der Waals surface area contributed by atoms with E-state index < -0.39 is 0 Å². The van der Waals surface area contributed by atoms with E-state index in [1.165, 1.54) is 0 Å². The first kappa shape index (κ1) is 21.5. The minimum atomic E-state index is -0.0766. The van der Waals surface area contributed by atoms with Gasteiger partial charge in [0.1, 0.15) is 11.9 Å². The number of hydrogen-bond donors (Lipinski definition) is 3. The van der Waals surface area contributed by atoms with Crippen molar-refractivity contribution < 1.29 is 9.47 Å². The van der Waals surface area contributed by atoms with Crippen molar-refractivity contribution in [3.63, 3.8) is 0 Å². The lowest BCUT2D eigenvalue weighted by molar-refractivity contribution is 0.219. The van der Waals surface area contributed by atoms with Crippen LogP contribution >= 0.6 is 0 Å². The third-order valence-corrected chi connectivity index (χ3v) is 4.57. The van der Waals surface area contributed by atoms with E-state index in [1.807, 2.05) is 55.5 Å². The molecule has 2 aromatic carbocycles. The van der Waals surface area contributed by atoms with E-state index in [-0.39, 0.29) is 6.10 Å².